The van der Waals surface area contributed by atoms with Crippen molar-refractivity contribution in [3.63, 3.8) is 0 Å². The van der Waals surface area contributed by atoms with Gasteiger partial charge in [-0.1, -0.05) is 24.3 Å². The van der Waals surface area contributed by atoms with Crippen molar-refractivity contribution in [2.45, 2.75) is 19.3 Å². The van der Waals surface area contributed by atoms with Crippen LogP contribution in [-0.4, -0.2) is 0 Å². The first-order chi connectivity index (χ1) is 4.00. The van der Waals surface area contributed by atoms with Crippen molar-refractivity contribution in [1.82, 2.24) is 0 Å². The van der Waals surface area contributed by atoms with E-state index >= 15 is 0 Å². The minimum Gasteiger partial charge on any atom is -0.0845 e. The van der Waals surface area contributed by atoms with Crippen molar-refractivity contribution in [3.05, 3.63) is 30.7 Å². The predicted octanol–water partition coefficient (Wildman–Crippen LogP) is 2.49. The molecule has 1 radical (unpaired) electrons. The van der Waals surface area contributed by atoms with Gasteiger partial charge in [0.15, 0.2) is 0 Å². The summed E-state index contributed by atoms with van der Waals surface area (Å²) >= 11 is 0. The van der Waals surface area contributed by atoms with Crippen LogP contribution in [0.25, 0.3) is 0 Å². The molecule has 0 atom stereocenters. The Kier molecular flexibility index (Phi) is 2.44. The molecule has 0 amide bonds. The molecule has 0 spiro atoms. The summed E-state index contributed by atoms with van der Waals surface area (Å²) in [6.45, 7) is 0. The van der Waals surface area contributed by atoms with E-state index < -0.39 is 0 Å². The summed E-state index contributed by atoms with van der Waals surface area (Å²) in [5.74, 6) is 0. The lowest BCUT2D eigenvalue weighted by atomic mass is 10.1. The molecule has 0 fully saturated rings. The van der Waals surface area contributed by atoms with E-state index in [9.17, 15) is 0 Å². The molecular formula is C8H11. The van der Waals surface area contributed by atoms with Crippen LogP contribution in [0.3, 0.4) is 0 Å². The molecule has 0 heteroatoms. The zero-order valence-corrected chi connectivity index (χ0v) is 5.01. The number of rotatable bonds is 0. The van der Waals surface area contributed by atoms with E-state index in [4.69, 9.17) is 0 Å². The van der Waals surface area contributed by atoms with Crippen molar-refractivity contribution >= 4 is 0 Å². The van der Waals surface area contributed by atoms with Crippen LogP contribution in [0, 0.1) is 6.42 Å². The van der Waals surface area contributed by atoms with Gasteiger partial charge in [-0.15, -0.1) is 0 Å². The molecule has 43 valence electrons. The minimum atomic E-state index is 1.24. The van der Waals surface area contributed by atoms with Crippen molar-refractivity contribution in [2.75, 3.05) is 0 Å². The smallest absolute Gasteiger partial charge is 0.0167 e. The average Bonchev–Trinajstić information content (AvgIpc) is 1.62. The molecule has 0 unspecified atom stereocenters. The number of hydrogen-bond acceptors (Lipinski definition) is 0. The Morgan fingerprint density at radius 3 is 2.88 bits per heavy atom. The quantitative estimate of drug-likeness (QED) is 0.446. The molecule has 0 nitrogen and oxygen atoms in total. The normalized spacial score (nSPS) is 20.0. The molecule has 0 aliphatic heterocycles. The molecular weight excluding hydrogens is 96.1 g/mol. The van der Waals surface area contributed by atoms with E-state index in [1.54, 1.807) is 0 Å². The fourth-order valence-corrected chi connectivity index (χ4v) is 0.767. The van der Waals surface area contributed by atoms with Gasteiger partial charge in [0.1, 0.15) is 0 Å². The van der Waals surface area contributed by atoms with E-state index in [-0.39, 0.29) is 0 Å². The fourth-order valence-electron chi connectivity index (χ4n) is 0.767. The van der Waals surface area contributed by atoms with Crippen LogP contribution in [0.1, 0.15) is 19.3 Å². The second kappa shape index (κ2) is 3.48. The van der Waals surface area contributed by atoms with Crippen LogP contribution in [0.2, 0.25) is 0 Å². The molecule has 1 aliphatic carbocycles. The van der Waals surface area contributed by atoms with Gasteiger partial charge in [0, 0.05) is 0 Å². The molecule has 0 saturated heterocycles. The summed E-state index contributed by atoms with van der Waals surface area (Å²) < 4.78 is 0. The van der Waals surface area contributed by atoms with E-state index in [0.29, 0.717) is 0 Å². The molecule has 1 rings (SSSR count). The third-order valence-corrected chi connectivity index (χ3v) is 1.24. The summed E-state index contributed by atoms with van der Waals surface area (Å²) in [5, 5.41) is 0. The van der Waals surface area contributed by atoms with E-state index in [1.165, 1.54) is 19.3 Å². The molecule has 0 heterocycles. The molecule has 0 aromatic carbocycles. The third-order valence-electron chi connectivity index (χ3n) is 1.24. The Bertz CT molecular complexity index is 84.6. The van der Waals surface area contributed by atoms with Crippen molar-refractivity contribution < 1.29 is 0 Å². The van der Waals surface area contributed by atoms with Crippen LogP contribution in [0.5, 0.6) is 0 Å². The maximum Gasteiger partial charge on any atom is -0.0167 e. The molecule has 1 aliphatic rings. The van der Waals surface area contributed by atoms with Crippen LogP contribution in [0.15, 0.2) is 24.3 Å². The summed E-state index contributed by atoms with van der Waals surface area (Å²) in [6.07, 6.45) is 14.5. The van der Waals surface area contributed by atoms with Gasteiger partial charge in [0.05, 0.1) is 0 Å². The number of hydrogen-bond donors (Lipinski definition) is 0. The van der Waals surface area contributed by atoms with Gasteiger partial charge >= 0.3 is 0 Å². The van der Waals surface area contributed by atoms with E-state index in [0.717, 1.165) is 0 Å². The van der Waals surface area contributed by atoms with Gasteiger partial charge in [0.25, 0.3) is 0 Å². The first-order valence-corrected chi connectivity index (χ1v) is 3.15. The highest BCUT2D eigenvalue weighted by Crippen LogP contribution is 2.03. The molecule has 0 saturated carbocycles. The van der Waals surface area contributed by atoms with Gasteiger partial charge in [0.2, 0.25) is 0 Å². The molecule has 0 aromatic heterocycles. The lowest BCUT2D eigenvalue weighted by Crippen LogP contribution is -1.75. The standard InChI is InChI=1S/C8H11/c1-2-4-6-8-7-5-3-1/h1-5H,6-8H2. The second-order valence-electron chi connectivity index (χ2n) is 1.98. The first-order valence-electron chi connectivity index (χ1n) is 3.15. The summed E-state index contributed by atoms with van der Waals surface area (Å²) in [4.78, 5) is 0. The van der Waals surface area contributed by atoms with Gasteiger partial charge in [-0.3, -0.25) is 0 Å². The Morgan fingerprint density at radius 2 is 1.88 bits per heavy atom. The Morgan fingerprint density at radius 1 is 0.875 bits per heavy atom. The largest absolute Gasteiger partial charge is 0.0845 e. The van der Waals surface area contributed by atoms with Gasteiger partial charge < -0.3 is 0 Å². The van der Waals surface area contributed by atoms with Crippen molar-refractivity contribution in [3.8, 4) is 0 Å². The lowest BCUT2D eigenvalue weighted by Gasteiger charge is -1.93. The highest BCUT2D eigenvalue weighted by molar-refractivity contribution is 5.08. The first kappa shape index (κ1) is 5.61. The zero-order chi connectivity index (χ0) is 5.66. The average molecular weight is 107 g/mol. The van der Waals surface area contributed by atoms with Crippen LogP contribution < -0.4 is 0 Å². The molecule has 0 aromatic rings. The monoisotopic (exact) mass is 107 g/mol. The Balaban J connectivity index is 2.33. The Hall–Kier alpha value is -0.520. The third kappa shape index (κ3) is 1.97. The fraction of sp³-hybridized carbons (Fsp3) is 0.375. The highest BCUT2D eigenvalue weighted by atomic mass is 13.9. The van der Waals surface area contributed by atoms with E-state index in [1.807, 2.05) is 0 Å². The van der Waals surface area contributed by atoms with Crippen LogP contribution in [-0.2, 0) is 0 Å². The van der Waals surface area contributed by atoms with E-state index in [2.05, 4.69) is 30.7 Å². The van der Waals surface area contributed by atoms with Crippen molar-refractivity contribution in [2.24, 2.45) is 0 Å². The Labute approximate surface area is 50.9 Å². The lowest BCUT2D eigenvalue weighted by molar-refractivity contribution is 0.839. The maximum absolute atomic E-state index is 2.21. The molecule has 8 heavy (non-hydrogen) atoms. The summed E-state index contributed by atoms with van der Waals surface area (Å²) in [5.41, 5.74) is 0. The van der Waals surface area contributed by atoms with Gasteiger partial charge in [-0.05, 0) is 25.7 Å². The van der Waals surface area contributed by atoms with Crippen LogP contribution >= 0.6 is 0 Å². The van der Waals surface area contributed by atoms with Crippen molar-refractivity contribution in [1.29, 1.82) is 0 Å². The second-order valence-corrected chi connectivity index (χ2v) is 1.98. The van der Waals surface area contributed by atoms with Crippen LogP contribution in [0.4, 0.5) is 0 Å². The predicted molar refractivity (Wildman–Crippen MR) is 36.4 cm³/mol. The van der Waals surface area contributed by atoms with Gasteiger partial charge in [-0.2, -0.15) is 0 Å². The summed E-state index contributed by atoms with van der Waals surface area (Å²) in [6, 6.07) is 0. The topological polar surface area (TPSA) is 0 Å². The zero-order valence-electron chi connectivity index (χ0n) is 5.01. The SMILES string of the molecule is [CH]1C=CC=CCCC1. The number of allylic oxidation sites excluding steroid dienone is 4. The highest BCUT2D eigenvalue weighted by Gasteiger charge is 1.84. The maximum atomic E-state index is 2.21. The van der Waals surface area contributed by atoms with Gasteiger partial charge in [-0.25, -0.2) is 0 Å². The molecule has 0 N–H and O–H groups in total. The minimum absolute atomic E-state index is 1.24. The molecule has 0 bridgehead atoms. The summed E-state index contributed by atoms with van der Waals surface area (Å²) in [7, 11) is 0.